The second-order valence-corrected chi connectivity index (χ2v) is 4.45. The summed E-state index contributed by atoms with van der Waals surface area (Å²) in [4.78, 5) is 16.0. The summed E-state index contributed by atoms with van der Waals surface area (Å²) < 4.78 is 2.01. The average Bonchev–Trinajstić information content (AvgIpc) is 2.64. The van der Waals surface area contributed by atoms with Gasteiger partial charge in [-0.15, -0.1) is 0 Å². The maximum Gasteiger partial charge on any atom is 0.222 e. The fraction of sp³-hybridized carbons (Fsp3) is 0.385. The smallest absolute Gasteiger partial charge is 0.222 e. The summed E-state index contributed by atoms with van der Waals surface area (Å²) in [6.45, 7) is 4.23. The molecule has 4 heteroatoms. The molecule has 1 amide bonds. The first-order valence-corrected chi connectivity index (χ1v) is 5.77. The highest BCUT2D eigenvalue weighted by molar-refractivity contribution is 5.78. The van der Waals surface area contributed by atoms with E-state index in [4.69, 9.17) is 0 Å². The number of imidazole rings is 1. The number of nitrogens with one attached hydrogen (secondary N) is 1. The van der Waals surface area contributed by atoms with Gasteiger partial charge in [0.15, 0.2) is 0 Å². The second-order valence-electron chi connectivity index (χ2n) is 4.45. The number of benzene rings is 1. The van der Waals surface area contributed by atoms with E-state index in [2.05, 4.69) is 10.3 Å². The van der Waals surface area contributed by atoms with Crippen molar-refractivity contribution in [3.63, 3.8) is 0 Å². The molecule has 17 heavy (non-hydrogen) atoms. The van der Waals surface area contributed by atoms with Crippen molar-refractivity contribution in [2.45, 2.75) is 20.4 Å². The number of aromatic nitrogens is 2. The number of hydrogen-bond acceptors (Lipinski definition) is 2. The number of para-hydroxylation sites is 2. The molecule has 1 N–H and O–H groups in total. The third-order valence-corrected chi connectivity index (χ3v) is 2.82. The van der Waals surface area contributed by atoms with Crippen molar-refractivity contribution in [1.29, 1.82) is 0 Å². The minimum absolute atomic E-state index is 0.00434. The molecular weight excluding hydrogens is 214 g/mol. The molecule has 0 saturated carbocycles. The second kappa shape index (κ2) is 4.57. The van der Waals surface area contributed by atoms with Crippen LogP contribution in [0, 0.1) is 5.92 Å². The fourth-order valence-corrected chi connectivity index (χ4v) is 1.72. The molecule has 0 aliphatic rings. The zero-order chi connectivity index (χ0) is 12.4. The summed E-state index contributed by atoms with van der Waals surface area (Å²) in [6, 6.07) is 7.95. The molecule has 0 spiro atoms. The highest BCUT2D eigenvalue weighted by Crippen LogP contribution is 2.13. The Balaban J connectivity index is 2.19. The van der Waals surface area contributed by atoms with Gasteiger partial charge in [-0.3, -0.25) is 4.79 Å². The molecule has 0 aliphatic carbocycles. The Hall–Kier alpha value is -1.84. The molecule has 0 fully saturated rings. The first-order valence-electron chi connectivity index (χ1n) is 5.77. The van der Waals surface area contributed by atoms with Gasteiger partial charge in [0.2, 0.25) is 5.91 Å². The molecule has 0 bridgehead atoms. The van der Waals surface area contributed by atoms with Crippen molar-refractivity contribution in [3.8, 4) is 0 Å². The highest BCUT2D eigenvalue weighted by atomic mass is 16.1. The predicted octanol–water partition coefficient (Wildman–Crippen LogP) is 1.85. The van der Waals surface area contributed by atoms with Crippen LogP contribution in [0.3, 0.4) is 0 Å². The number of rotatable bonds is 3. The van der Waals surface area contributed by atoms with E-state index in [1.54, 1.807) is 0 Å². The predicted molar refractivity (Wildman–Crippen MR) is 67.4 cm³/mol. The van der Waals surface area contributed by atoms with E-state index >= 15 is 0 Å². The molecular formula is C13H17N3O. The lowest BCUT2D eigenvalue weighted by Gasteiger charge is -2.07. The Bertz CT molecular complexity index is 543. The number of hydrogen-bond donors (Lipinski definition) is 1. The third kappa shape index (κ3) is 2.30. The van der Waals surface area contributed by atoms with Gasteiger partial charge in [-0.2, -0.15) is 0 Å². The number of carbonyl (C=O) groups excluding carboxylic acids is 1. The quantitative estimate of drug-likeness (QED) is 0.876. The van der Waals surface area contributed by atoms with Gasteiger partial charge in [0, 0.05) is 13.0 Å². The van der Waals surface area contributed by atoms with E-state index in [0.29, 0.717) is 6.54 Å². The lowest BCUT2D eigenvalue weighted by molar-refractivity contribution is -0.124. The van der Waals surface area contributed by atoms with Crippen LogP contribution in [0.15, 0.2) is 24.3 Å². The molecule has 0 saturated heterocycles. The van der Waals surface area contributed by atoms with E-state index in [9.17, 15) is 4.79 Å². The molecule has 4 nitrogen and oxygen atoms in total. The molecule has 2 aromatic rings. The molecule has 0 unspecified atom stereocenters. The fourth-order valence-electron chi connectivity index (χ4n) is 1.72. The van der Waals surface area contributed by atoms with Gasteiger partial charge < -0.3 is 9.88 Å². The molecule has 90 valence electrons. The molecule has 1 aromatic carbocycles. The van der Waals surface area contributed by atoms with Gasteiger partial charge in [0.05, 0.1) is 17.6 Å². The van der Waals surface area contributed by atoms with Gasteiger partial charge in [-0.25, -0.2) is 4.98 Å². The van der Waals surface area contributed by atoms with E-state index < -0.39 is 0 Å². The van der Waals surface area contributed by atoms with E-state index in [0.717, 1.165) is 16.9 Å². The van der Waals surface area contributed by atoms with Crippen LogP contribution in [-0.2, 0) is 18.4 Å². The number of aryl methyl sites for hydroxylation is 1. The first-order chi connectivity index (χ1) is 8.09. The molecule has 2 rings (SSSR count). The van der Waals surface area contributed by atoms with E-state index in [1.807, 2.05) is 49.7 Å². The number of nitrogens with zero attached hydrogens (tertiary/aromatic N) is 2. The zero-order valence-corrected chi connectivity index (χ0v) is 10.4. The van der Waals surface area contributed by atoms with Crippen LogP contribution in [0.25, 0.3) is 11.0 Å². The standard InChI is InChI=1S/C13H17N3O/c1-9(2)13(17)14-8-12-15-10-6-4-5-7-11(10)16(12)3/h4-7,9H,8H2,1-3H3,(H,14,17). The van der Waals surface area contributed by atoms with Crippen molar-refractivity contribution in [3.05, 3.63) is 30.1 Å². The SMILES string of the molecule is CC(C)C(=O)NCc1nc2ccccc2n1C. The molecule has 0 atom stereocenters. The normalized spacial score (nSPS) is 11.1. The topological polar surface area (TPSA) is 46.9 Å². The van der Waals surface area contributed by atoms with Gasteiger partial charge >= 0.3 is 0 Å². The minimum Gasteiger partial charge on any atom is -0.349 e. The summed E-state index contributed by atoms with van der Waals surface area (Å²) >= 11 is 0. The van der Waals surface area contributed by atoms with Crippen LogP contribution in [0.4, 0.5) is 0 Å². The van der Waals surface area contributed by atoms with Crippen LogP contribution in [0.1, 0.15) is 19.7 Å². The first kappa shape index (κ1) is 11.6. The van der Waals surface area contributed by atoms with Crippen molar-refractivity contribution in [2.24, 2.45) is 13.0 Å². The Morgan fingerprint density at radius 2 is 2.12 bits per heavy atom. The largest absolute Gasteiger partial charge is 0.349 e. The molecule has 0 aliphatic heterocycles. The Morgan fingerprint density at radius 1 is 1.41 bits per heavy atom. The van der Waals surface area contributed by atoms with E-state index in [1.165, 1.54) is 0 Å². The number of fused-ring (bicyclic) bond motifs is 1. The molecule has 0 radical (unpaired) electrons. The van der Waals surface area contributed by atoms with Crippen LogP contribution in [0.5, 0.6) is 0 Å². The summed E-state index contributed by atoms with van der Waals surface area (Å²) in [5.41, 5.74) is 2.05. The van der Waals surface area contributed by atoms with Gasteiger partial charge in [-0.1, -0.05) is 26.0 Å². The van der Waals surface area contributed by atoms with Crippen LogP contribution >= 0.6 is 0 Å². The lowest BCUT2D eigenvalue weighted by Crippen LogP contribution is -2.28. The zero-order valence-electron chi connectivity index (χ0n) is 10.4. The summed E-state index contributed by atoms with van der Waals surface area (Å²) in [5, 5.41) is 2.88. The van der Waals surface area contributed by atoms with Crippen LogP contribution < -0.4 is 5.32 Å². The maximum atomic E-state index is 11.5. The maximum absolute atomic E-state index is 11.5. The van der Waals surface area contributed by atoms with Crippen LogP contribution in [0.2, 0.25) is 0 Å². The minimum atomic E-state index is 0.00434. The summed E-state index contributed by atoms with van der Waals surface area (Å²) in [5.74, 6) is 0.932. The Kier molecular flexibility index (Phi) is 3.13. The highest BCUT2D eigenvalue weighted by Gasteiger charge is 2.10. The Morgan fingerprint density at radius 3 is 2.76 bits per heavy atom. The van der Waals surface area contributed by atoms with Gasteiger partial charge in [0.1, 0.15) is 5.82 Å². The monoisotopic (exact) mass is 231 g/mol. The van der Waals surface area contributed by atoms with Crippen LogP contribution in [-0.4, -0.2) is 15.5 Å². The lowest BCUT2D eigenvalue weighted by atomic mass is 10.2. The van der Waals surface area contributed by atoms with Crippen molar-refractivity contribution < 1.29 is 4.79 Å². The summed E-state index contributed by atoms with van der Waals surface area (Å²) in [6.07, 6.45) is 0. The number of amides is 1. The van der Waals surface area contributed by atoms with Crippen molar-refractivity contribution in [1.82, 2.24) is 14.9 Å². The van der Waals surface area contributed by atoms with Crippen molar-refractivity contribution in [2.75, 3.05) is 0 Å². The van der Waals surface area contributed by atoms with Crippen molar-refractivity contribution >= 4 is 16.9 Å². The van der Waals surface area contributed by atoms with Gasteiger partial charge in [-0.05, 0) is 12.1 Å². The van der Waals surface area contributed by atoms with E-state index in [-0.39, 0.29) is 11.8 Å². The number of carbonyl (C=O) groups is 1. The third-order valence-electron chi connectivity index (χ3n) is 2.82. The molecule has 1 heterocycles. The average molecular weight is 231 g/mol. The van der Waals surface area contributed by atoms with Gasteiger partial charge in [0.25, 0.3) is 0 Å². The Labute approximate surface area is 101 Å². The summed E-state index contributed by atoms with van der Waals surface area (Å²) in [7, 11) is 1.96. The molecule has 1 aromatic heterocycles.